The van der Waals surface area contributed by atoms with Crippen LogP contribution >= 0.6 is 0 Å². The number of hydrogen-bond acceptors (Lipinski definition) is 4. The highest BCUT2D eigenvalue weighted by molar-refractivity contribution is 5.31. The molecule has 0 fully saturated rings. The lowest BCUT2D eigenvalue weighted by Crippen LogP contribution is -2.16. The smallest absolute Gasteiger partial charge is 0.148 e. The van der Waals surface area contributed by atoms with Gasteiger partial charge in [0.25, 0.3) is 0 Å². The van der Waals surface area contributed by atoms with Crippen LogP contribution in [-0.2, 0) is 0 Å². The number of aliphatic hydroxyl groups is 1. The zero-order valence-corrected chi connectivity index (χ0v) is 6.36. The van der Waals surface area contributed by atoms with Crippen LogP contribution in [0.2, 0.25) is 0 Å². The molecule has 0 aliphatic carbocycles. The van der Waals surface area contributed by atoms with Crippen LogP contribution in [0.15, 0.2) is 18.3 Å². The molecule has 4 heteroatoms. The van der Waals surface area contributed by atoms with E-state index < -0.39 is 0 Å². The maximum atomic E-state index is 8.90. The van der Waals surface area contributed by atoms with Crippen LogP contribution in [0.25, 0.3) is 0 Å². The van der Waals surface area contributed by atoms with Gasteiger partial charge in [-0.15, -0.1) is 5.10 Å². The number of aromatic nitrogens is 2. The summed E-state index contributed by atoms with van der Waals surface area (Å²) in [6.45, 7) is 2.21. The number of anilines is 1. The second-order valence-corrected chi connectivity index (χ2v) is 2.34. The maximum absolute atomic E-state index is 8.90. The summed E-state index contributed by atoms with van der Waals surface area (Å²) < 4.78 is 0. The van der Waals surface area contributed by atoms with Crippen LogP contribution in [0.4, 0.5) is 5.82 Å². The molecule has 4 nitrogen and oxygen atoms in total. The lowest BCUT2D eigenvalue weighted by atomic mass is 10.4. The Morgan fingerprint density at radius 1 is 1.73 bits per heavy atom. The van der Waals surface area contributed by atoms with Gasteiger partial charge in [-0.1, -0.05) is 0 Å². The van der Waals surface area contributed by atoms with E-state index in [1.807, 2.05) is 0 Å². The van der Waals surface area contributed by atoms with E-state index in [1.165, 1.54) is 0 Å². The first-order valence-electron chi connectivity index (χ1n) is 3.48. The molecule has 0 aliphatic heterocycles. The Morgan fingerprint density at radius 2 is 2.55 bits per heavy atom. The molecule has 0 aliphatic rings. The summed E-state index contributed by atoms with van der Waals surface area (Å²) in [7, 11) is 0. The quantitative estimate of drug-likeness (QED) is 0.654. The van der Waals surface area contributed by atoms with Crippen molar-refractivity contribution in [1.82, 2.24) is 10.2 Å². The predicted molar refractivity (Wildman–Crippen MR) is 42.2 cm³/mol. The van der Waals surface area contributed by atoms with Crippen LogP contribution < -0.4 is 5.32 Å². The fourth-order valence-corrected chi connectivity index (χ4v) is 0.648. The molecule has 0 aromatic carbocycles. The molecule has 0 radical (unpaired) electrons. The van der Waals surface area contributed by atoms with Crippen molar-refractivity contribution in [2.45, 2.75) is 13.0 Å². The van der Waals surface area contributed by atoms with Gasteiger partial charge in [-0.05, 0) is 19.1 Å². The normalized spacial score (nSPS) is 12.5. The van der Waals surface area contributed by atoms with Crippen LogP contribution in [0.5, 0.6) is 0 Å². The molecule has 1 rings (SSSR count). The molecule has 1 heterocycles. The molecule has 1 aromatic heterocycles. The zero-order chi connectivity index (χ0) is 8.10. The molecule has 0 saturated heterocycles. The summed E-state index contributed by atoms with van der Waals surface area (Å²) >= 11 is 0. The van der Waals surface area contributed by atoms with Gasteiger partial charge in [0.15, 0.2) is 0 Å². The van der Waals surface area contributed by atoms with E-state index in [9.17, 15) is 0 Å². The highest BCUT2D eigenvalue weighted by Gasteiger charge is 1.95. The minimum Gasteiger partial charge on any atom is -0.392 e. The average Bonchev–Trinajstić information content (AvgIpc) is 2.03. The average molecular weight is 153 g/mol. The summed E-state index contributed by atoms with van der Waals surface area (Å²) in [5.74, 6) is 0.688. The summed E-state index contributed by atoms with van der Waals surface area (Å²) in [6.07, 6.45) is 1.24. The number of rotatable bonds is 3. The first-order valence-corrected chi connectivity index (χ1v) is 3.48. The third-order valence-electron chi connectivity index (χ3n) is 1.15. The largest absolute Gasteiger partial charge is 0.392 e. The minimum absolute atomic E-state index is 0.364. The topological polar surface area (TPSA) is 58.0 Å². The molecular formula is C7H11N3O. The van der Waals surface area contributed by atoms with Crippen molar-refractivity contribution in [2.75, 3.05) is 11.9 Å². The third kappa shape index (κ3) is 2.95. The van der Waals surface area contributed by atoms with E-state index in [2.05, 4.69) is 15.5 Å². The first kappa shape index (κ1) is 7.94. The van der Waals surface area contributed by atoms with Crippen LogP contribution in [0.1, 0.15) is 6.92 Å². The van der Waals surface area contributed by atoms with Gasteiger partial charge in [0.2, 0.25) is 0 Å². The Morgan fingerprint density at radius 3 is 3.09 bits per heavy atom. The van der Waals surface area contributed by atoms with E-state index >= 15 is 0 Å². The number of aliphatic hydroxyl groups excluding tert-OH is 1. The second-order valence-electron chi connectivity index (χ2n) is 2.34. The van der Waals surface area contributed by atoms with Crippen molar-refractivity contribution in [3.05, 3.63) is 18.3 Å². The molecule has 60 valence electrons. The lowest BCUT2D eigenvalue weighted by Gasteiger charge is -2.05. The van der Waals surface area contributed by atoms with E-state index in [0.717, 1.165) is 0 Å². The molecule has 0 saturated carbocycles. The van der Waals surface area contributed by atoms with Gasteiger partial charge >= 0.3 is 0 Å². The fourth-order valence-electron chi connectivity index (χ4n) is 0.648. The van der Waals surface area contributed by atoms with Crippen molar-refractivity contribution >= 4 is 5.82 Å². The number of nitrogens with zero attached hydrogens (tertiary/aromatic N) is 2. The minimum atomic E-state index is -0.364. The Balaban J connectivity index is 2.39. The lowest BCUT2D eigenvalue weighted by molar-refractivity contribution is 0.208. The third-order valence-corrected chi connectivity index (χ3v) is 1.15. The summed E-state index contributed by atoms with van der Waals surface area (Å²) in [5, 5.41) is 19.3. The molecule has 1 aromatic rings. The van der Waals surface area contributed by atoms with E-state index in [1.54, 1.807) is 25.3 Å². The van der Waals surface area contributed by atoms with Crippen molar-refractivity contribution in [2.24, 2.45) is 0 Å². The summed E-state index contributed by atoms with van der Waals surface area (Å²) in [5.41, 5.74) is 0. The summed E-state index contributed by atoms with van der Waals surface area (Å²) in [4.78, 5) is 0. The van der Waals surface area contributed by atoms with Gasteiger partial charge in [-0.2, -0.15) is 5.10 Å². The van der Waals surface area contributed by atoms with E-state index in [-0.39, 0.29) is 6.10 Å². The monoisotopic (exact) mass is 153 g/mol. The molecule has 0 amide bonds. The molecule has 1 atom stereocenters. The SMILES string of the molecule is C[C@@H](O)CNc1cccnn1. The molecule has 0 unspecified atom stereocenters. The Hall–Kier alpha value is -1.16. The Labute approximate surface area is 65.3 Å². The van der Waals surface area contributed by atoms with Gasteiger partial charge in [-0.3, -0.25) is 0 Å². The second kappa shape index (κ2) is 3.88. The van der Waals surface area contributed by atoms with Crippen molar-refractivity contribution in [1.29, 1.82) is 0 Å². The van der Waals surface area contributed by atoms with Crippen LogP contribution in [0, 0.1) is 0 Å². The number of nitrogens with one attached hydrogen (secondary N) is 1. The molecular weight excluding hydrogens is 142 g/mol. The first-order chi connectivity index (χ1) is 5.29. The molecule has 11 heavy (non-hydrogen) atoms. The molecule has 0 bridgehead atoms. The zero-order valence-electron chi connectivity index (χ0n) is 6.36. The fraction of sp³-hybridized carbons (Fsp3) is 0.429. The van der Waals surface area contributed by atoms with Crippen molar-refractivity contribution < 1.29 is 5.11 Å². The van der Waals surface area contributed by atoms with Crippen LogP contribution in [-0.4, -0.2) is 28.0 Å². The standard InChI is InChI=1S/C7H11N3O/c1-6(11)5-8-7-3-2-4-9-10-7/h2-4,6,11H,5H2,1H3,(H,8,10)/t6-/m1/s1. The van der Waals surface area contributed by atoms with E-state index in [0.29, 0.717) is 12.4 Å². The predicted octanol–water partition coefficient (Wildman–Crippen LogP) is 0.269. The van der Waals surface area contributed by atoms with Crippen molar-refractivity contribution in [3.8, 4) is 0 Å². The highest BCUT2D eigenvalue weighted by Crippen LogP contribution is 1.96. The van der Waals surface area contributed by atoms with E-state index in [4.69, 9.17) is 5.11 Å². The molecule has 0 spiro atoms. The van der Waals surface area contributed by atoms with Crippen molar-refractivity contribution in [3.63, 3.8) is 0 Å². The van der Waals surface area contributed by atoms with Gasteiger partial charge in [0.1, 0.15) is 5.82 Å². The highest BCUT2D eigenvalue weighted by atomic mass is 16.3. The summed E-state index contributed by atoms with van der Waals surface area (Å²) in [6, 6.07) is 3.59. The van der Waals surface area contributed by atoms with Gasteiger partial charge < -0.3 is 10.4 Å². The van der Waals surface area contributed by atoms with Gasteiger partial charge in [0.05, 0.1) is 6.10 Å². The van der Waals surface area contributed by atoms with Gasteiger partial charge in [-0.25, -0.2) is 0 Å². The Kier molecular flexibility index (Phi) is 2.80. The molecule has 2 N–H and O–H groups in total. The Bertz CT molecular complexity index is 200. The maximum Gasteiger partial charge on any atom is 0.148 e. The van der Waals surface area contributed by atoms with Crippen LogP contribution in [0.3, 0.4) is 0 Å². The van der Waals surface area contributed by atoms with Gasteiger partial charge in [0, 0.05) is 12.7 Å². The number of hydrogen-bond donors (Lipinski definition) is 2.